The predicted molar refractivity (Wildman–Crippen MR) is 120 cm³/mol. The Morgan fingerprint density at radius 1 is 1.26 bits per heavy atom. The number of likely N-dealkylation sites (tertiary alicyclic amines) is 1. The highest BCUT2D eigenvalue weighted by Crippen LogP contribution is 2.33. The molecule has 174 valence electrons. The van der Waals surface area contributed by atoms with Crippen LogP contribution < -0.4 is 4.74 Å². The van der Waals surface area contributed by atoms with Gasteiger partial charge in [0.1, 0.15) is 23.0 Å². The summed E-state index contributed by atoms with van der Waals surface area (Å²) >= 11 is 0. The molecule has 10 nitrogen and oxygen atoms in total. The van der Waals surface area contributed by atoms with Gasteiger partial charge < -0.3 is 14.7 Å². The maximum absolute atomic E-state index is 13.2. The molecule has 11 heteroatoms. The van der Waals surface area contributed by atoms with Crippen molar-refractivity contribution in [3.8, 4) is 23.3 Å². The number of pyridine rings is 1. The fourth-order valence-corrected chi connectivity index (χ4v) is 4.30. The average Bonchev–Trinajstić information content (AvgIpc) is 3.46. The molecule has 0 radical (unpaired) electrons. The second kappa shape index (κ2) is 9.07. The van der Waals surface area contributed by atoms with Gasteiger partial charge in [-0.1, -0.05) is 5.21 Å². The molecule has 2 N–H and O–H groups in total. The molecule has 0 amide bonds. The quantitative estimate of drug-likeness (QED) is 0.419. The van der Waals surface area contributed by atoms with Gasteiger partial charge in [-0.2, -0.15) is 10.4 Å². The Morgan fingerprint density at radius 3 is 2.79 bits per heavy atom. The van der Waals surface area contributed by atoms with Crippen molar-refractivity contribution in [2.45, 2.75) is 31.9 Å². The van der Waals surface area contributed by atoms with Crippen LogP contribution in [-0.2, 0) is 0 Å². The minimum atomic E-state index is -0.740. The number of aromatic amines is 1. The van der Waals surface area contributed by atoms with Crippen molar-refractivity contribution in [3.63, 3.8) is 0 Å². The number of nitrogens with one attached hydrogen (secondary N) is 1. The third-order valence-corrected chi connectivity index (χ3v) is 6.16. The number of ether oxygens (including phenoxy) is 1. The van der Waals surface area contributed by atoms with Gasteiger partial charge in [-0.25, -0.2) is 9.07 Å². The number of piperidine rings is 1. The highest BCUT2D eigenvalue weighted by Gasteiger charge is 2.25. The summed E-state index contributed by atoms with van der Waals surface area (Å²) in [5.74, 6) is 0.0539. The fourth-order valence-electron chi connectivity index (χ4n) is 4.30. The molecular formula is C23H23FN8O2. The molecule has 1 atom stereocenters. The summed E-state index contributed by atoms with van der Waals surface area (Å²) < 4.78 is 21.1. The largest absolute Gasteiger partial charge is 0.482 e. The number of nitrogens with zero attached hydrogens (tertiary/aromatic N) is 7. The van der Waals surface area contributed by atoms with Gasteiger partial charge >= 0.3 is 0 Å². The summed E-state index contributed by atoms with van der Waals surface area (Å²) in [7, 11) is 0. The van der Waals surface area contributed by atoms with Crippen molar-refractivity contribution in [2.75, 3.05) is 19.7 Å². The number of hydrogen-bond acceptors (Lipinski definition) is 8. The Morgan fingerprint density at radius 2 is 2.09 bits per heavy atom. The number of rotatable bonds is 6. The second-order valence-corrected chi connectivity index (χ2v) is 8.26. The van der Waals surface area contributed by atoms with E-state index in [2.05, 4.69) is 31.7 Å². The summed E-state index contributed by atoms with van der Waals surface area (Å²) in [6, 6.07) is 8.38. The Kier molecular flexibility index (Phi) is 5.81. The van der Waals surface area contributed by atoms with E-state index < -0.39 is 11.9 Å². The lowest BCUT2D eigenvalue weighted by molar-refractivity contribution is 0.113. The molecule has 1 fully saturated rings. The van der Waals surface area contributed by atoms with Crippen LogP contribution in [0.4, 0.5) is 4.39 Å². The Balaban J connectivity index is 1.42. The molecule has 0 aliphatic carbocycles. The molecule has 1 saturated heterocycles. The van der Waals surface area contributed by atoms with Crippen LogP contribution in [-0.4, -0.2) is 59.9 Å². The van der Waals surface area contributed by atoms with Crippen LogP contribution in [0.2, 0.25) is 0 Å². The first-order valence-electron chi connectivity index (χ1n) is 11.0. The van der Waals surface area contributed by atoms with E-state index >= 15 is 0 Å². The lowest BCUT2D eigenvalue weighted by atomic mass is 10.1. The lowest BCUT2D eigenvalue weighted by Gasteiger charge is -2.28. The minimum Gasteiger partial charge on any atom is -0.482 e. The van der Waals surface area contributed by atoms with Crippen molar-refractivity contribution in [1.29, 1.82) is 5.26 Å². The summed E-state index contributed by atoms with van der Waals surface area (Å²) in [6.45, 7) is 3.06. The average molecular weight is 462 g/mol. The molecular weight excluding hydrogens is 439 g/mol. The Labute approximate surface area is 194 Å². The minimum absolute atomic E-state index is 0.184. The highest BCUT2D eigenvalue weighted by atomic mass is 19.1. The first-order chi connectivity index (χ1) is 16.6. The summed E-state index contributed by atoms with van der Waals surface area (Å²) in [5, 5.41) is 36.0. The van der Waals surface area contributed by atoms with Gasteiger partial charge in [0.15, 0.2) is 12.3 Å². The molecule has 1 aliphatic heterocycles. The normalized spacial score (nSPS) is 15.4. The molecule has 1 aliphatic rings. The molecule has 0 spiro atoms. The van der Waals surface area contributed by atoms with Gasteiger partial charge in [0.05, 0.1) is 35.8 Å². The van der Waals surface area contributed by atoms with Gasteiger partial charge in [-0.3, -0.25) is 10.1 Å². The number of benzene rings is 1. The SMILES string of the molecule is Cc1c(-c2n[nH]c3ccc(O[C@H](CO)c4ccc(F)cn4)cc23)nnn1C1CCN(C#N)CC1. The van der Waals surface area contributed by atoms with Crippen molar-refractivity contribution in [3.05, 3.63) is 53.7 Å². The van der Waals surface area contributed by atoms with E-state index in [-0.39, 0.29) is 12.6 Å². The molecule has 1 aromatic carbocycles. The van der Waals surface area contributed by atoms with Crippen LogP contribution in [0.5, 0.6) is 5.75 Å². The third-order valence-electron chi connectivity index (χ3n) is 6.16. The fraction of sp³-hybridized carbons (Fsp3) is 0.348. The topological polar surface area (TPSA) is 129 Å². The molecule has 4 heterocycles. The third kappa shape index (κ3) is 4.04. The highest BCUT2D eigenvalue weighted by molar-refractivity contribution is 5.93. The second-order valence-electron chi connectivity index (χ2n) is 8.26. The number of nitriles is 1. The van der Waals surface area contributed by atoms with E-state index in [4.69, 9.17) is 10.00 Å². The lowest BCUT2D eigenvalue weighted by Crippen LogP contribution is -2.31. The smallest absolute Gasteiger partial charge is 0.179 e. The summed E-state index contributed by atoms with van der Waals surface area (Å²) in [4.78, 5) is 5.77. The van der Waals surface area contributed by atoms with Crippen LogP contribution in [0.25, 0.3) is 22.3 Å². The van der Waals surface area contributed by atoms with Gasteiger partial charge in [-0.15, -0.1) is 5.10 Å². The Bertz CT molecular complexity index is 1340. The van der Waals surface area contributed by atoms with Gasteiger partial charge in [-0.05, 0) is 50.1 Å². The number of hydrogen-bond donors (Lipinski definition) is 2. The van der Waals surface area contributed by atoms with Gasteiger partial charge in [0.25, 0.3) is 0 Å². The van der Waals surface area contributed by atoms with Crippen LogP contribution in [0.15, 0.2) is 36.5 Å². The van der Waals surface area contributed by atoms with Gasteiger partial charge in [0.2, 0.25) is 0 Å². The van der Waals surface area contributed by atoms with Gasteiger partial charge in [0, 0.05) is 18.5 Å². The number of aliphatic hydroxyl groups excluding tert-OH is 1. The zero-order valence-electron chi connectivity index (χ0n) is 18.5. The van der Waals surface area contributed by atoms with E-state index in [1.165, 1.54) is 12.1 Å². The molecule has 0 unspecified atom stereocenters. The van der Waals surface area contributed by atoms with Crippen molar-refractivity contribution < 1.29 is 14.2 Å². The monoisotopic (exact) mass is 462 g/mol. The molecule has 4 aromatic rings. The molecule has 3 aromatic heterocycles. The van der Waals surface area contributed by atoms with E-state index in [9.17, 15) is 9.50 Å². The molecule has 5 rings (SSSR count). The van der Waals surface area contributed by atoms with Crippen LogP contribution in [0.1, 0.15) is 36.4 Å². The van der Waals surface area contributed by atoms with Crippen molar-refractivity contribution in [1.82, 2.24) is 35.1 Å². The number of H-pyrrole nitrogens is 1. The number of fused-ring (bicyclic) bond motifs is 1. The predicted octanol–water partition coefficient (Wildman–Crippen LogP) is 2.89. The number of aromatic nitrogens is 6. The van der Waals surface area contributed by atoms with E-state index in [0.29, 0.717) is 35.9 Å². The molecule has 0 saturated carbocycles. The van der Waals surface area contributed by atoms with Crippen molar-refractivity contribution in [2.24, 2.45) is 0 Å². The first kappa shape index (κ1) is 21.8. The van der Waals surface area contributed by atoms with E-state index in [0.717, 1.165) is 35.6 Å². The van der Waals surface area contributed by atoms with E-state index in [1.807, 2.05) is 23.7 Å². The zero-order valence-corrected chi connectivity index (χ0v) is 18.5. The van der Waals surface area contributed by atoms with Crippen molar-refractivity contribution >= 4 is 10.9 Å². The standard InChI is InChI=1S/C23H23FN8O2/c1-14-22(29-30-32(14)16-6-8-31(13-25)9-7-16)23-18-10-17(3-5-19(18)27-28-23)34-21(12-33)20-4-2-15(24)11-26-20/h2-5,10-11,16,21,33H,6-9,12H2,1H3,(H,27,28)/t21-/m1/s1. The summed E-state index contributed by atoms with van der Waals surface area (Å²) in [6.07, 6.45) is 4.21. The maximum Gasteiger partial charge on any atom is 0.179 e. The van der Waals surface area contributed by atoms with Crippen LogP contribution in [0.3, 0.4) is 0 Å². The first-order valence-corrected chi connectivity index (χ1v) is 11.0. The number of aliphatic hydroxyl groups is 1. The Hall–Kier alpha value is -4.04. The van der Waals surface area contributed by atoms with Crippen LogP contribution >= 0.6 is 0 Å². The molecule has 34 heavy (non-hydrogen) atoms. The van der Waals surface area contributed by atoms with Crippen LogP contribution in [0, 0.1) is 24.2 Å². The maximum atomic E-state index is 13.2. The zero-order chi connectivity index (χ0) is 23.7. The summed E-state index contributed by atoms with van der Waals surface area (Å²) in [5.41, 5.74) is 3.46. The molecule has 0 bridgehead atoms. The number of halogens is 1. The van der Waals surface area contributed by atoms with E-state index in [1.54, 1.807) is 11.0 Å².